The fraction of sp³-hybridized carbons (Fsp3) is 0.100. The largest absolute Gasteiger partial charge is 0.383 e. The Morgan fingerprint density at radius 2 is 2.06 bits per heavy atom. The van der Waals surface area contributed by atoms with Gasteiger partial charge in [0, 0.05) is 12.3 Å². The zero-order chi connectivity index (χ0) is 11.4. The van der Waals surface area contributed by atoms with Crippen molar-refractivity contribution in [1.82, 2.24) is 15.0 Å². The van der Waals surface area contributed by atoms with Gasteiger partial charge in [-0.25, -0.2) is 0 Å². The zero-order valence-electron chi connectivity index (χ0n) is 8.59. The third kappa shape index (κ3) is 2.57. The van der Waals surface area contributed by atoms with Crippen molar-refractivity contribution >= 4 is 17.6 Å². The highest BCUT2D eigenvalue weighted by Crippen LogP contribution is 2.10. The van der Waals surface area contributed by atoms with Gasteiger partial charge in [0.2, 0.25) is 5.95 Å². The van der Waals surface area contributed by atoms with Crippen molar-refractivity contribution in [2.45, 2.75) is 6.54 Å². The van der Waals surface area contributed by atoms with Crippen LogP contribution in [0.1, 0.15) is 5.69 Å². The highest BCUT2D eigenvalue weighted by molar-refractivity contribution is 5.48. The van der Waals surface area contributed by atoms with Crippen LogP contribution in [-0.2, 0) is 6.54 Å². The highest BCUT2D eigenvalue weighted by atomic mass is 15.1. The number of rotatable bonds is 3. The van der Waals surface area contributed by atoms with Crippen LogP contribution in [-0.4, -0.2) is 15.0 Å². The summed E-state index contributed by atoms with van der Waals surface area (Å²) in [6.07, 6.45) is 1.74. The second-order valence-electron chi connectivity index (χ2n) is 3.21. The van der Waals surface area contributed by atoms with E-state index in [0.29, 0.717) is 18.2 Å². The Hall–Kier alpha value is -2.37. The topological polar surface area (TPSA) is 103 Å². The van der Waals surface area contributed by atoms with E-state index in [1.807, 2.05) is 18.2 Å². The molecule has 0 spiro atoms. The first-order valence-electron chi connectivity index (χ1n) is 4.78. The Kier molecular flexibility index (Phi) is 2.81. The molecule has 0 amide bonds. The first-order chi connectivity index (χ1) is 7.74. The van der Waals surface area contributed by atoms with Crippen LogP contribution in [0.3, 0.4) is 0 Å². The zero-order valence-corrected chi connectivity index (χ0v) is 8.59. The molecule has 0 unspecified atom stereocenters. The predicted octanol–water partition coefficient (Wildman–Crippen LogP) is 0.648. The minimum absolute atomic E-state index is 0.156. The maximum atomic E-state index is 5.54. The van der Waals surface area contributed by atoms with E-state index < -0.39 is 0 Å². The number of pyridine rings is 1. The van der Waals surface area contributed by atoms with Crippen molar-refractivity contribution < 1.29 is 0 Å². The average Bonchev–Trinajstić information content (AvgIpc) is 2.27. The lowest BCUT2D eigenvalue weighted by molar-refractivity contribution is 1.02. The van der Waals surface area contributed by atoms with E-state index in [0.717, 1.165) is 5.69 Å². The first-order valence-corrected chi connectivity index (χ1v) is 4.78. The number of anilines is 3. The van der Waals surface area contributed by atoms with Gasteiger partial charge in [0.15, 0.2) is 0 Å². The minimum Gasteiger partial charge on any atom is -0.383 e. The Bertz CT molecular complexity index is 450. The number of aromatic nitrogens is 3. The summed E-state index contributed by atoms with van der Waals surface area (Å²) < 4.78 is 0. The lowest BCUT2D eigenvalue weighted by Gasteiger charge is -2.05. The number of nitrogen functional groups attached to an aromatic ring is 2. The first kappa shape index (κ1) is 10.2. The number of nitrogens with one attached hydrogen (secondary N) is 1. The molecule has 0 saturated carbocycles. The summed E-state index contributed by atoms with van der Waals surface area (Å²) in [6, 6.07) is 7.33. The molecule has 0 aromatic carbocycles. The van der Waals surface area contributed by atoms with Gasteiger partial charge in [-0.2, -0.15) is 9.97 Å². The number of nitrogens with two attached hydrogens (primary N) is 2. The molecule has 0 fully saturated rings. The lowest BCUT2D eigenvalue weighted by Crippen LogP contribution is -2.06. The van der Waals surface area contributed by atoms with Crippen LogP contribution in [0, 0.1) is 0 Å². The van der Waals surface area contributed by atoms with Crippen molar-refractivity contribution in [2.24, 2.45) is 0 Å². The van der Waals surface area contributed by atoms with Gasteiger partial charge in [-0.15, -0.1) is 0 Å². The molecule has 16 heavy (non-hydrogen) atoms. The fourth-order valence-corrected chi connectivity index (χ4v) is 1.26. The van der Waals surface area contributed by atoms with Crippen LogP contribution in [0.2, 0.25) is 0 Å². The van der Waals surface area contributed by atoms with Crippen molar-refractivity contribution in [2.75, 3.05) is 16.8 Å². The lowest BCUT2D eigenvalue weighted by atomic mass is 10.3. The van der Waals surface area contributed by atoms with E-state index in [9.17, 15) is 0 Å². The van der Waals surface area contributed by atoms with Gasteiger partial charge in [-0.1, -0.05) is 6.07 Å². The van der Waals surface area contributed by atoms with Gasteiger partial charge in [0.1, 0.15) is 11.6 Å². The summed E-state index contributed by atoms with van der Waals surface area (Å²) in [5.41, 5.74) is 11.9. The van der Waals surface area contributed by atoms with Gasteiger partial charge in [0.05, 0.1) is 12.2 Å². The third-order valence-electron chi connectivity index (χ3n) is 1.94. The summed E-state index contributed by atoms with van der Waals surface area (Å²) in [6.45, 7) is 0.566. The van der Waals surface area contributed by atoms with Crippen molar-refractivity contribution in [3.63, 3.8) is 0 Å². The van der Waals surface area contributed by atoms with Gasteiger partial charge >= 0.3 is 0 Å². The molecule has 5 N–H and O–H groups in total. The molecule has 0 atom stereocenters. The molecule has 0 aliphatic carbocycles. The molecule has 0 saturated heterocycles. The molecule has 2 rings (SSSR count). The molecule has 0 aliphatic heterocycles. The predicted molar refractivity (Wildman–Crippen MR) is 62.4 cm³/mol. The van der Waals surface area contributed by atoms with Crippen LogP contribution >= 0.6 is 0 Å². The third-order valence-corrected chi connectivity index (χ3v) is 1.94. The van der Waals surface area contributed by atoms with Crippen molar-refractivity contribution in [3.05, 3.63) is 36.2 Å². The average molecular weight is 216 g/mol. The second-order valence-corrected chi connectivity index (χ2v) is 3.21. The molecule has 2 heterocycles. The van der Waals surface area contributed by atoms with Gasteiger partial charge < -0.3 is 16.8 Å². The fourth-order valence-electron chi connectivity index (χ4n) is 1.26. The highest BCUT2D eigenvalue weighted by Gasteiger charge is 1.99. The Labute approximate surface area is 92.7 Å². The maximum Gasteiger partial charge on any atom is 0.223 e. The molecule has 82 valence electrons. The van der Waals surface area contributed by atoms with E-state index in [4.69, 9.17) is 11.5 Å². The van der Waals surface area contributed by atoms with E-state index >= 15 is 0 Å². The van der Waals surface area contributed by atoms with Gasteiger partial charge in [0.25, 0.3) is 0 Å². The van der Waals surface area contributed by atoms with E-state index in [1.54, 1.807) is 12.3 Å². The molecule has 0 radical (unpaired) electrons. The monoisotopic (exact) mass is 216 g/mol. The van der Waals surface area contributed by atoms with Gasteiger partial charge in [-0.3, -0.25) is 4.98 Å². The SMILES string of the molecule is Nc1cc(NCc2ccccn2)nc(N)n1. The number of hydrogen-bond acceptors (Lipinski definition) is 6. The van der Waals surface area contributed by atoms with E-state index in [-0.39, 0.29) is 5.95 Å². The van der Waals surface area contributed by atoms with E-state index in [1.165, 1.54) is 0 Å². The summed E-state index contributed by atoms with van der Waals surface area (Å²) in [4.78, 5) is 11.9. The van der Waals surface area contributed by atoms with Gasteiger partial charge in [-0.05, 0) is 12.1 Å². The summed E-state index contributed by atoms with van der Waals surface area (Å²) >= 11 is 0. The Morgan fingerprint density at radius 3 is 2.75 bits per heavy atom. The Morgan fingerprint density at radius 1 is 1.19 bits per heavy atom. The normalized spacial score (nSPS) is 10.0. The molecular weight excluding hydrogens is 204 g/mol. The molecular formula is C10H12N6. The van der Waals surface area contributed by atoms with Crippen LogP contribution in [0.5, 0.6) is 0 Å². The second kappa shape index (κ2) is 4.43. The van der Waals surface area contributed by atoms with Crippen molar-refractivity contribution in [1.29, 1.82) is 0 Å². The summed E-state index contributed by atoms with van der Waals surface area (Å²) in [5.74, 6) is 1.09. The molecule has 0 bridgehead atoms. The van der Waals surface area contributed by atoms with Crippen molar-refractivity contribution in [3.8, 4) is 0 Å². The minimum atomic E-state index is 0.156. The standard InChI is InChI=1S/C10H12N6/c11-8-5-9(16-10(12)15-8)14-6-7-3-1-2-4-13-7/h1-5H,6H2,(H5,11,12,14,15,16). The van der Waals surface area contributed by atoms with Crippen LogP contribution in [0.4, 0.5) is 17.6 Å². The van der Waals surface area contributed by atoms with Crippen LogP contribution < -0.4 is 16.8 Å². The summed E-state index contributed by atoms with van der Waals surface area (Å²) in [7, 11) is 0. The maximum absolute atomic E-state index is 5.54. The number of nitrogens with zero attached hydrogens (tertiary/aromatic N) is 3. The van der Waals surface area contributed by atoms with Crippen LogP contribution in [0.15, 0.2) is 30.5 Å². The summed E-state index contributed by atoms with van der Waals surface area (Å²) in [5, 5.41) is 3.07. The molecule has 6 heteroatoms. The molecule has 6 nitrogen and oxygen atoms in total. The van der Waals surface area contributed by atoms with E-state index in [2.05, 4.69) is 20.3 Å². The van der Waals surface area contributed by atoms with Crippen LogP contribution in [0.25, 0.3) is 0 Å². The molecule has 2 aromatic heterocycles. The smallest absolute Gasteiger partial charge is 0.223 e. The molecule has 2 aromatic rings. The Balaban J connectivity index is 2.05. The molecule has 0 aliphatic rings. The quantitative estimate of drug-likeness (QED) is 0.696. The number of hydrogen-bond donors (Lipinski definition) is 3.